The molecule has 0 amide bonds. The largest absolute Gasteiger partial charge is 0.371 e. The Bertz CT molecular complexity index is 474. The molecule has 0 aliphatic carbocycles. The molecule has 2 atom stereocenters. The van der Waals surface area contributed by atoms with Crippen molar-refractivity contribution in [3.8, 4) is 0 Å². The van der Waals surface area contributed by atoms with Crippen LogP contribution in [0.3, 0.4) is 0 Å². The molecule has 110 valence electrons. The molecule has 2 fully saturated rings. The van der Waals surface area contributed by atoms with E-state index >= 15 is 0 Å². The van der Waals surface area contributed by atoms with E-state index in [0.717, 1.165) is 12.0 Å². The van der Waals surface area contributed by atoms with Crippen molar-refractivity contribution in [2.75, 3.05) is 31.6 Å². The van der Waals surface area contributed by atoms with Crippen LogP contribution in [-0.4, -0.2) is 37.6 Å². The summed E-state index contributed by atoms with van der Waals surface area (Å²) >= 11 is 5.93. The van der Waals surface area contributed by atoms with Crippen LogP contribution in [0.2, 0.25) is 0 Å². The van der Waals surface area contributed by atoms with Crippen molar-refractivity contribution in [2.24, 2.45) is 5.92 Å². The van der Waals surface area contributed by atoms with Crippen molar-refractivity contribution < 1.29 is 0 Å². The Kier molecular flexibility index (Phi) is 4.23. The van der Waals surface area contributed by atoms with E-state index in [-0.39, 0.29) is 0 Å². The van der Waals surface area contributed by atoms with Crippen LogP contribution in [0.5, 0.6) is 0 Å². The molecule has 1 aromatic carbocycles. The maximum absolute atomic E-state index is 5.93. The summed E-state index contributed by atoms with van der Waals surface area (Å²) in [6.07, 6.45) is 4.05. The minimum absolute atomic E-state index is 0.608. The van der Waals surface area contributed by atoms with E-state index in [4.69, 9.17) is 11.6 Å². The smallest absolute Gasteiger partial charge is 0.0474 e. The van der Waals surface area contributed by atoms with E-state index in [0.29, 0.717) is 5.88 Å². The highest BCUT2D eigenvalue weighted by atomic mass is 35.5. The van der Waals surface area contributed by atoms with E-state index in [1.54, 1.807) is 0 Å². The number of fused-ring (bicyclic) bond motifs is 1. The number of hydrogen-bond acceptors (Lipinski definition) is 2. The molecule has 0 saturated carbocycles. The molecule has 2 aliphatic heterocycles. The third-order valence-electron chi connectivity index (χ3n) is 5.10. The van der Waals surface area contributed by atoms with Gasteiger partial charge in [-0.25, -0.2) is 0 Å². The van der Waals surface area contributed by atoms with Crippen molar-refractivity contribution in [1.82, 2.24) is 4.90 Å². The molecule has 2 unspecified atom stereocenters. The van der Waals surface area contributed by atoms with Crippen LogP contribution >= 0.6 is 11.6 Å². The lowest BCUT2D eigenvalue weighted by Gasteiger charge is -2.47. The molecule has 0 spiro atoms. The van der Waals surface area contributed by atoms with Crippen LogP contribution in [0.15, 0.2) is 18.2 Å². The number of piperidine rings is 2. The third-order valence-corrected chi connectivity index (χ3v) is 5.41. The molecule has 0 bridgehead atoms. The number of likely N-dealkylation sites (tertiary alicyclic amines) is 1. The van der Waals surface area contributed by atoms with Crippen LogP contribution < -0.4 is 4.90 Å². The average Bonchev–Trinajstić information content (AvgIpc) is 2.47. The van der Waals surface area contributed by atoms with Crippen molar-refractivity contribution in [1.29, 1.82) is 0 Å². The zero-order valence-electron chi connectivity index (χ0n) is 12.6. The fraction of sp³-hybridized carbons (Fsp3) is 0.647. The third kappa shape index (κ3) is 2.68. The molecule has 20 heavy (non-hydrogen) atoms. The van der Waals surface area contributed by atoms with Gasteiger partial charge in [-0.15, -0.1) is 11.6 Å². The minimum atomic E-state index is 0.608. The first kappa shape index (κ1) is 14.2. The number of alkyl halides is 1. The Hall–Kier alpha value is -0.730. The van der Waals surface area contributed by atoms with Gasteiger partial charge in [-0.2, -0.15) is 0 Å². The van der Waals surface area contributed by atoms with Gasteiger partial charge in [-0.05, 0) is 62.9 Å². The summed E-state index contributed by atoms with van der Waals surface area (Å²) in [5.74, 6) is 1.45. The van der Waals surface area contributed by atoms with E-state index in [2.05, 4.69) is 42.0 Å². The van der Waals surface area contributed by atoms with E-state index < -0.39 is 0 Å². The fourth-order valence-electron chi connectivity index (χ4n) is 4.03. The van der Waals surface area contributed by atoms with Gasteiger partial charge in [-0.1, -0.05) is 12.1 Å². The van der Waals surface area contributed by atoms with Gasteiger partial charge in [0.1, 0.15) is 0 Å². The second kappa shape index (κ2) is 5.95. The maximum Gasteiger partial charge on any atom is 0.0474 e. The Morgan fingerprint density at radius 3 is 2.85 bits per heavy atom. The van der Waals surface area contributed by atoms with Crippen molar-refractivity contribution in [3.05, 3.63) is 29.3 Å². The molecule has 1 aromatic rings. The summed E-state index contributed by atoms with van der Waals surface area (Å²) in [6.45, 7) is 5.90. The highest BCUT2D eigenvalue weighted by Crippen LogP contribution is 2.33. The van der Waals surface area contributed by atoms with Gasteiger partial charge in [0.2, 0.25) is 0 Å². The molecule has 2 saturated heterocycles. The molecule has 2 nitrogen and oxygen atoms in total. The van der Waals surface area contributed by atoms with Gasteiger partial charge < -0.3 is 9.80 Å². The average molecular weight is 293 g/mol. The molecular weight excluding hydrogens is 268 g/mol. The van der Waals surface area contributed by atoms with E-state index in [1.165, 1.54) is 55.7 Å². The first-order valence-electron chi connectivity index (χ1n) is 7.79. The summed E-state index contributed by atoms with van der Waals surface area (Å²) in [5.41, 5.74) is 4.00. The summed E-state index contributed by atoms with van der Waals surface area (Å²) in [7, 11) is 2.30. The van der Waals surface area contributed by atoms with Crippen molar-refractivity contribution in [3.63, 3.8) is 0 Å². The number of halogens is 1. The molecule has 3 heteroatoms. The van der Waals surface area contributed by atoms with Crippen molar-refractivity contribution in [2.45, 2.75) is 38.1 Å². The van der Waals surface area contributed by atoms with Crippen LogP contribution in [0.25, 0.3) is 0 Å². The van der Waals surface area contributed by atoms with Gasteiger partial charge in [0.25, 0.3) is 0 Å². The molecule has 3 rings (SSSR count). The Balaban J connectivity index is 1.76. The second-order valence-corrected chi connectivity index (χ2v) is 6.71. The number of benzene rings is 1. The van der Waals surface area contributed by atoms with E-state index in [1.807, 2.05) is 0 Å². The number of aryl methyl sites for hydroxylation is 1. The molecule has 0 aromatic heterocycles. The van der Waals surface area contributed by atoms with Gasteiger partial charge in [0.05, 0.1) is 0 Å². The van der Waals surface area contributed by atoms with Crippen LogP contribution in [0, 0.1) is 12.8 Å². The number of rotatable bonds is 2. The van der Waals surface area contributed by atoms with Gasteiger partial charge in [0.15, 0.2) is 0 Å². The lowest BCUT2D eigenvalue weighted by Crippen LogP contribution is -2.52. The highest BCUT2D eigenvalue weighted by molar-refractivity contribution is 6.17. The number of nitrogens with zero attached hydrogens (tertiary/aromatic N) is 2. The SMILES string of the molecule is Cc1cc(CCl)ccc1N1CCC2C(CCCN2C)C1. The molecular formula is C17H25ClN2. The highest BCUT2D eigenvalue weighted by Gasteiger charge is 2.34. The van der Waals surface area contributed by atoms with Gasteiger partial charge in [0, 0.05) is 30.7 Å². The summed E-state index contributed by atoms with van der Waals surface area (Å²) < 4.78 is 0. The maximum atomic E-state index is 5.93. The molecule has 2 heterocycles. The van der Waals surface area contributed by atoms with Crippen LogP contribution in [0.4, 0.5) is 5.69 Å². The predicted octanol–water partition coefficient (Wildman–Crippen LogP) is 3.65. The quantitative estimate of drug-likeness (QED) is 0.768. The normalized spacial score (nSPS) is 27.4. The Morgan fingerprint density at radius 2 is 2.10 bits per heavy atom. The first-order chi connectivity index (χ1) is 9.69. The van der Waals surface area contributed by atoms with Crippen LogP contribution in [0.1, 0.15) is 30.4 Å². The minimum Gasteiger partial charge on any atom is -0.371 e. The predicted molar refractivity (Wildman–Crippen MR) is 86.7 cm³/mol. The molecule has 2 aliphatic rings. The summed E-state index contributed by atoms with van der Waals surface area (Å²) in [6, 6.07) is 7.48. The zero-order valence-corrected chi connectivity index (χ0v) is 13.4. The zero-order chi connectivity index (χ0) is 14.1. The van der Waals surface area contributed by atoms with Gasteiger partial charge >= 0.3 is 0 Å². The lowest BCUT2D eigenvalue weighted by atomic mass is 9.84. The standard InChI is InChI=1S/C17H25ClN2/c1-13-10-14(11-18)5-6-16(13)20-9-7-17-15(12-20)4-3-8-19(17)2/h5-6,10,15,17H,3-4,7-9,11-12H2,1-2H3. The Labute approximate surface area is 127 Å². The molecule has 0 radical (unpaired) electrons. The fourth-order valence-corrected chi connectivity index (χ4v) is 4.19. The topological polar surface area (TPSA) is 6.48 Å². The monoisotopic (exact) mass is 292 g/mol. The van der Waals surface area contributed by atoms with Gasteiger partial charge in [-0.3, -0.25) is 0 Å². The lowest BCUT2D eigenvalue weighted by molar-refractivity contribution is 0.102. The van der Waals surface area contributed by atoms with Crippen molar-refractivity contribution >= 4 is 17.3 Å². The summed E-state index contributed by atoms with van der Waals surface area (Å²) in [5, 5.41) is 0. The first-order valence-corrected chi connectivity index (χ1v) is 8.33. The number of hydrogen-bond donors (Lipinski definition) is 0. The van der Waals surface area contributed by atoms with Crippen LogP contribution in [-0.2, 0) is 5.88 Å². The molecule has 0 N–H and O–H groups in total. The number of anilines is 1. The Morgan fingerprint density at radius 1 is 1.25 bits per heavy atom. The summed E-state index contributed by atoms with van der Waals surface area (Å²) in [4.78, 5) is 5.17. The van der Waals surface area contributed by atoms with E-state index in [9.17, 15) is 0 Å². The second-order valence-electron chi connectivity index (χ2n) is 6.44.